The Morgan fingerprint density at radius 2 is 2.00 bits per heavy atom. The highest BCUT2D eigenvalue weighted by molar-refractivity contribution is 5.84. The van der Waals surface area contributed by atoms with Crippen molar-refractivity contribution in [3.05, 3.63) is 35.6 Å². The fourth-order valence-electron chi connectivity index (χ4n) is 2.47. The molecule has 1 aromatic carbocycles. The molecule has 6 heteroatoms. The van der Waals surface area contributed by atoms with Gasteiger partial charge < -0.3 is 15.5 Å². The lowest BCUT2D eigenvalue weighted by Gasteiger charge is -2.19. The molecule has 1 amide bonds. The summed E-state index contributed by atoms with van der Waals surface area (Å²) in [6, 6.07) is 6.93. The van der Waals surface area contributed by atoms with E-state index in [0.29, 0.717) is 19.0 Å². The molecule has 0 unspecified atom stereocenters. The van der Waals surface area contributed by atoms with Crippen LogP contribution in [0.4, 0.5) is 4.39 Å². The largest absolute Gasteiger partial charge is 0.357 e. The molecule has 23 heavy (non-hydrogen) atoms. The van der Waals surface area contributed by atoms with Crippen LogP contribution in [0.5, 0.6) is 0 Å². The number of nitrogens with one attached hydrogen (secondary N) is 2. The van der Waals surface area contributed by atoms with Gasteiger partial charge in [0.1, 0.15) is 12.4 Å². The van der Waals surface area contributed by atoms with Crippen LogP contribution in [0.25, 0.3) is 0 Å². The van der Waals surface area contributed by atoms with Crippen molar-refractivity contribution in [2.24, 2.45) is 4.99 Å². The Kier molecular flexibility index (Phi) is 5.58. The molecule has 1 aliphatic carbocycles. The minimum absolute atomic E-state index is 0.0579. The number of hydrogen-bond acceptors (Lipinski definition) is 2. The van der Waals surface area contributed by atoms with E-state index in [2.05, 4.69) is 15.6 Å². The second-order valence-electron chi connectivity index (χ2n) is 6.10. The van der Waals surface area contributed by atoms with Gasteiger partial charge in [0.05, 0.1) is 0 Å². The number of rotatable bonds is 6. The molecule has 2 rings (SSSR count). The first-order chi connectivity index (χ1) is 11.0. The van der Waals surface area contributed by atoms with Gasteiger partial charge in [-0.2, -0.15) is 0 Å². The smallest absolute Gasteiger partial charge is 0.243 e. The van der Waals surface area contributed by atoms with E-state index in [9.17, 15) is 9.18 Å². The number of likely N-dealkylation sites (N-methyl/N-ethyl adjacent to an activating group) is 1. The number of carbonyl (C=O) groups is 1. The molecular weight excluding hydrogens is 295 g/mol. The van der Waals surface area contributed by atoms with Crippen LogP contribution in [0.2, 0.25) is 0 Å². The summed E-state index contributed by atoms with van der Waals surface area (Å²) >= 11 is 0. The van der Waals surface area contributed by atoms with Crippen LogP contribution in [0.3, 0.4) is 0 Å². The van der Waals surface area contributed by atoms with Gasteiger partial charge in [0.15, 0.2) is 5.96 Å². The Labute approximate surface area is 137 Å². The standard InChI is InChI=1S/C17H25FN4O/c1-4-19-16(20-11-15(23)22(2)3)21-12-17(9-10-17)13-7-5-6-8-14(13)18/h5-8H,4,9-12H2,1-3H3,(H2,19,20,21). The van der Waals surface area contributed by atoms with Gasteiger partial charge in [0.25, 0.3) is 0 Å². The van der Waals surface area contributed by atoms with Crippen molar-refractivity contribution in [2.45, 2.75) is 25.2 Å². The Hall–Kier alpha value is -2.11. The summed E-state index contributed by atoms with van der Waals surface area (Å²) in [4.78, 5) is 17.4. The number of aliphatic imine (C=N–C) groups is 1. The Morgan fingerprint density at radius 1 is 1.30 bits per heavy atom. The molecule has 0 radical (unpaired) electrons. The van der Waals surface area contributed by atoms with E-state index in [4.69, 9.17) is 0 Å². The molecule has 1 aromatic rings. The zero-order valence-corrected chi connectivity index (χ0v) is 14.0. The number of benzene rings is 1. The predicted molar refractivity (Wildman–Crippen MR) is 90.0 cm³/mol. The number of hydrogen-bond donors (Lipinski definition) is 2. The van der Waals surface area contributed by atoms with Crippen molar-refractivity contribution in [2.75, 3.05) is 33.7 Å². The fourth-order valence-corrected chi connectivity index (χ4v) is 2.47. The molecule has 1 saturated carbocycles. The van der Waals surface area contributed by atoms with Gasteiger partial charge in [0.2, 0.25) is 5.91 Å². The number of nitrogens with zero attached hydrogens (tertiary/aromatic N) is 2. The molecule has 0 aromatic heterocycles. The maximum absolute atomic E-state index is 14.0. The van der Waals surface area contributed by atoms with E-state index in [1.165, 1.54) is 11.0 Å². The van der Waals surface area contributed by atoms with Crippen molar-refractivity contribution in [1.29, 1.82) is 0 Å². The average Bonchev–Trinajstić information content (AvgIpc) is 3.31. The maximum atomic E-state index is 14.0. The zero-order chi connectivity index (χ0) is 16.9. The van der Waals surface area contributed by atoms with Crippen LogP contribution in [-0.4, -0.2) is 50.5 Å². The molecular formula is C17H25FN4O. The lowest BCUT2D eigenvalue weighted by Crippen LogP contribution is -2.42. The first kappa shape index (κ1) is 17.2. The lowest BCUT2D eigenvalue weighted by atomic mass is 9.95. The van der Waals surface area contributed by atoms with Crippen molar-refractivity contribution in [3.8, 4) is 0 Å². The zero-order valence-electron chi connectivity index (χ0n) is 14.0. The van der Waals surface area contributed by atoms with Crippen molar-refractivity contribution >= 4 is 11.9 Å². The Bertz CT molecular complexity index is 582. The van der Waals surface area contributed by atoms with Gasteiger partial charge in [-0.05, 0) is 31.4 Å². The number of carbonyl (C=O) groups excluding carboxylic acids is 1. The second-order valence-corrected chi connectivity index (χ2v) is 6.10. The molecule has 126 valence electrons. The minimum Gasteiger partial charge on any atom is -0.357 e. The van der Waals surface area contributed by atoms with Gasteiger partial charge in [-0.15, -0.1) is 0 Å². The van der Waals surface area contributed by atoms with Crippen LogP contribution in [0, 0.1) is 5.82 Å². The molecule has 1 fully saturated rings. The highest BCUT2D eigenvalue weighted by Gasteiger charge is 2.45. The SMILES string of the molecule is CCNC(=NCC(=O)N(C)C)NCC1(c2ccccc2F)CC1. The third-order valence-corrected chi connectivity index (χ3v) is 4.11. The molecule has 0 heterocycles. The summed E-state index contributed by atoms with van der Waals surface area (Å²) in [5.41, 5.74) is 0.598. The maximum Gasteiger partial charge on any atom is 0.243 e. The van der Waals surface area contributed by atoms with Crippen molar-refractivity contribution in [1.82, 2.24) is 15.5 Å². The van der Waals surface area contributed by atoms with Gasteiger partial charge >= 0.3 is 0 Å². The van der Waals surface area contributed by atoms with E-state index in [1.54, 1.807) is 20.2 Å². The molecule has 0 atom stereocenters. The molecule has 0 aliphatic heterocycles. The van der Waals surface area contributed by atoms with Crippen molar-refractivity contribution < 1.29 is 9.18 Å². The Morgan fingerprint density at radius 3 is 2.57 bits per heavy atom. The molecule has 0 saturated heterocycles. The summed E-state index contributed by atoms with van der Waals surface area (Å²) < 4.78 is 14.0. The normalized spacial score (nSPS) is 15.9. The third kappa shape index (κ3) is 4.43. The van der Waals surface area contributed by atoms with Crippen molar-refractivity contribution in [3.63, 3.8) is 0 Å². The van der Waals surface area contributed by atoms with Gasteiger partial charge in [0, 0.05) is 32.6 Å². The third-order valence-electron chi connectivity index (χ3n) is 4.11. The molecule has 1 aliphatic rings. The van der Waals surface area contributed by atoms with Crippen LogP contribution in [0.1, 0.15) is 25.3 Å². The molecule has 2 N–H and O–H groups in total. The summed E-state index contributed by atoms with van der Waals surface area (Å²) in [7, 11) is 3.41. The summed E-state index contributed by atoms with van der Waals surface area (Å²) in [6.45, 7) is 3.37. The highest BCUT2D eigenvalue weighted by Crippen LogP contribution is 2.48. The topological polar surface area (TPSA) is 56.7 Å². The Balaban J connectivity index is 2.00. The van der Waals surface area contributed by atoms with E-state index < -0.39 is 0 Å². The van der Waals surface area contributed by atoms with Crippen LogP contribution in [0.15, 0.2) is 29.3 Å². The van der Waals surface area contributed by atoms with Crippen LogP contribution in [-0.2, 0) is 10.2 Å². The van der Waals surface area contributed by atoms with Gasteiger partial charge in [-0.3, -0.25) is 4.79 Å². The first-order valence-corrected chi connectivity index (χ1v) is 7.96. The molecule has 5 nitrogen and oxygen atoms in total. The lowest BCUT2D eigenvalue weighted by molar-refractivity contribution is -0.127. The second kappa shape index (κ2) is 7.44. The van der Waals surface area contributed by atoms with E-state index in [-0.39, 0.29) is 23.7 Å². The predicted octanol–water partition coefficient (Wildman–Crippen LogP) is 1.50. The van der Waals surface area contributed by atoms with E-state index in [0.717, 1.165) is 18.4 Å². The fraction of sp³-hybridized carbons (Fsp3) is 0.529. The summed E-state index contributed by atoms with van der Waals surface area (Å²) in [6.07, 6.45) is 1.91. The summed E-state index contributed by atoms with van der Waals surface area (Å²) in [5.74, 6) is 0.374. The van der Waals surface area contributed by atoms with Gasteiger partial charge in [-0.25, -0.2) is 9.38 Å². The monoisotopic (exact) mass is 320 g/mol. The average molecular weight is 320 g/mol. The minimum atomic E-state index is -0.160. The molecule has 0 spiro atoms. The summed E-state index contributed by atoms with van der Waals surface area (Å²) in [5, 5.41) is 6.36. The quantitative estimate of drug-likeness (QED) is 0.617. The van der Waals surface area contributed by atoms with E-state index in [1.807, 2.05) is 19.1 Å². The number of amides is 1. The highest BCUT2D eigenvalue weighted by atomic mass is 19.1. The van der Waals surface area contributed by atoms with Gasteiger partial charge in [-0.1, -0.05) is 18.2 Å². The van der Waals surface area contributed by atoms with E-state index >= 15 is 0 Å². The number of guanidine groups is 1. The molecule has 0 bridgehead atoms. The first-order valence-electron chi connectivity index (χ1n) is 7.96. The van der Waals surface area contributed by atoms with Crippen LogP contribution < -0.4 is 10.6 Å². The number of halogens is 1. The van der Waals surface area contributed by atoms with Crippen LogP contribution >= 0.6 is 0 Å².